The molecule has 4 rings (SSSR count). The third-order valence-corrected chi connectivity index (χ3v) is 6.49. The second-order valence-electron chi connectivity index (χ2n) is 6.51. The molecule has 3 aromatic rings. The maximum absolute atomic E-state index is 13.1. The summed E-state index contributed by atoms with van der Waals surface area (Å²) in [6.07, 6.45) is 0.926. The molecule has 0 unspecified atom stereocenters. The minimum absolute atomic E-state index is 0.0913. The highest BCUT2D eigenvalue weighted by Crippen LogP contribution is 2.37. The highest BCUT2D eigenvalue weighted by Gasteiger charge is 2.26. The van der Waals surface area contributed by atoms with Crippen LogP contribution in [0.15, 0.2) is 58.8 Å². The number of halogens is 1. The zero-order chi connectivity index (χ0) is 19.5. The van der Waals surface area contributed by atoms with Gasteiger partial charge in [0.1, 0.15) is 28.9 Å². The number of thioether (sulfide) groups is 1. The molecule has 2 heterocycles. The van der Waals surface area contributed by atoms with Crippen LogP contribution >= 0.6 is 23.1 Å². The molecular weight excluding hydrogens is 395 g/mol. The lowest BCUT2D eigenvalue weighted by Gasteiger charge is -2.21. The molecule has 0 N–H and O–H groups in total. The number of rotatable bonds is 4. The van der Waals surface area contributed by atoms with Crippen LogP contribution in [0.3, 0.4) is 0 Å². The van der Waals surface area contributed by atoms with E-state index in [1.807, 2.05) is 23.1 Å². The van der Waals surface area contributed by atoms with Crippen molar-refractivity contribution >= 4 is 34.7 Å². The first-order valence-corrected chi connectivity index (χ1v) is 10.8. The molecule has 0 fully saturated rings. The second kappa shape index (κ2) is 8.32. The fourth-order valence-electron chi connectivity index (χ4n) is 2.99. The number of ether oxygens (including phenoxy) is 1. The summed E-state index contributed by atoms with van der Waals surface area (Å²) in [4.78, 5) is 20.5. The number of carbonyl (C=O) groups excluding carboxylic acids is 1. The van der Waals surface area contributed by atoms with E-state index < -0.39 is 0 Å². The van der Waals surface area contributed by atoms with Crippen molar-refractivity contribution in [1.29, 1.82) is 0 Å². The maximum Gasteiger partial charge on any atom is 0.277 e. The Morgan fingerprint density at radius 3 is 2.86 bits per heavy atom. The van der Waals surface area contributed by atoms with Gasteiger partial charge in [-0.25, -0.2) is 9.37 Å². The number of para-hydroxylation sites is 1. The Hall–Kier alpha value is -2.38. The van der Waals surface area contributed by atoms with Crippen molar-refractivity contribution in [3.63, 3.8) is 0 Å². The van der Waals surface area contributed by atoms with E-state index in [1.165, 1.54) is 23.5 Å². The van der Waals surface area contributed by atoms with Gasteiger partial charge in [0.15, 0.2) is 0 Å². The van der Waals surface area contributed by atoms with E-state index in [0.717, 1.165) is 17.0 Å². The second-order valence-corrected chi connectivity index (χ2v) is 8.93. The van der Waals surface area contributed by atoms with Crippen LogP contribution in [-0.4, -0.2) is 22.7 Å². The van der Waals surface area contributed by atoms with Gasteiger partial charge in [0.25, 0.3) is 5.91 Å². The lowest BCUT2D eigenvalue weighted by Crippen LogP contribution is -2.32. The molecule has 0 radical (unpaired) electrons. The summed E-state index contributed by atoms with van der Waals surface area (Å²) >= 11 is 3.19. The molecule has 0 saturated carbocycles. The summed E-state index contributed by atoms with van der Waals surface area (Å²) < 4.78 is 18.6. The molecule has 0 aliphatic carbocycles. The van der Waals surface area contributed by atoms with E-state index in [2.05, 4.69) is 18.0 Å². The minimum atomic E-state index is -0.306. The summed E-state index contributed by atoms with van der Waals surface area (Å²) in [6, 6.07) is 13.8. The van der Waals surface area contributed by atoms with Crippen LogP contribution in [0.1, 0.15) is 28.8 Å². The van der Waals surface area contributed by atoms with Crippen LogP contribution in [-0.2, 0) is 6.61 Å². The molecule has 7 heteroatoms. The summed E-state index contributed by atoms with van der Waals surface area (Å²) in [6.45, 7) is 3.10. The Morgan fingerprint density at radius 2 is 2.04 bits per heavy atom. The van der Waals surface area contributed by atoms with Crippen molar-refractivity contribution in [3.05, 3.63) is 70.4 Å². The van der Waals surface area contributed by atoms with Gasteiger partial charge in [0.2, 0.25) is 0 Å². The van der Waals surface area contributed by atoms with E-state index >= 15 is 0 Å². The van der Waals surface area contributed by atoms with Gasteiger partial charge in [-0.15, -0.1) is 23.1 Å². The first kappa shape index (κ1) is 19.0. The van der Waals surface area contributed by atoms with Crippen molar-refractivity contribution in [3.8, 4) is 5.75 Å². The Morgan fingerprint density at radius 1 is 1.25 bits per heavy atom. The Labute approximate surface area is 171 Å². The number of anilines is 1. The fourth-order valence-corrected chi connectivity index (χ4v) is 4.78. The molecule has 28 heavy (non-hydrogen) atoms. The number of hydrogen-bond donors (Lipinski definition) is 0. The van der Waals surface area contributed by atoms with Crippen molar-refractivity contribution in [1.82, 2.24) is 4.98 Å². The molecule has 1 aliphatic rings. The lowest BCUT2D eigenvalue weighted by molar-refractivity contribution is 0.0982. The normalized spacial score (nSPS) is 16.4. The fraction of sp³-hybridized carbons (Fsp3) is 0.238. The van der Waals surface area contributed by atoms with Gasteiger partial charge in [-0.3, -0.25) is 4.79 Å². The van der Waals surface area contributed by atoms with Crippen LogP contribution in [0, 0.1) is 5.82 Å². The largest absolute Gasteiger partial charge is 0.486 e. The Bertz CT molecular complexity index is 975. The van der Waals surface area contributed by atoms with Crippen molar-refractivity contribution < 1.29 is 13.9 Å². The molecular formula is C21H19FN2O2S2. The zero-order valence-corrected chi connectivity index (χ0v) is 16.9. The van der Waals surface area contributed by atoms with E-state index in [-0.39, 0.29) is 18.3 Å². The third kappa shape index (κ3) is 4.20. The van der Waals surface area contributed by atoms with Crippen LogP contribution < -0.4 is 9.64 Å². The molecule has 0 bridgehead atoms. The summed E-state index contributed by atoms with van der Waals surface area (Å²) in [5, 5.41) is 2.93. The summed E-state index contributed by atoms with van der Waals surface area (Å²) in [5.41, 5.74) is 1.37. The first-order valence-electron chi connectivity index (χ1n) is 9.00. The Balaban J connectivity index is 1.49. The van der Waals surface area contributed by atoms with E-state index in [4.69, 9.17) is 4.74 Å². The van der Waals surface area contributed by atoms with E-state index in [1.54, 1.807) is 29.3 Å². The smallest absolute Gasteiger partial charge is 0.277 e. The standard InChI is InChI=1S/C21H19FN2O2S2/c1-14-10-11-24(18-4-2-3-5-19(18)28-14)21(25)17-13-27-20(23-17)12-26-16-8-6-15(22)7-9-16/h2-9,13-14H,10-12H2,1H3/t14-/m0/s1. The highest BCUT2D eigenvalue weighted by molar-refractivity contribution is 8.00. The van der Waals surface area contributed by atoms with Crippen molar-refractivity contribution in [2.75, 3.05) is 11.4 Å². The Kier molecular flexibility index (Phi) is 5.64. The highest BCUT2D eigenvalue weighted by atomic mass is 32.2. The van der Waals surface area contributed by atoms with Gasteiger partial charge < -0.3 is 9.64 Å². The zero-order valence-electron chi connectivity index (χ0n) is 15.3. The number of aromatic nitrogens is 1. The van der Waals surface area contributed by atoms with Crippen LogP contribution in [0.4, 0.5) is 10.1 Å². The predicted molar refractivity (Wildman–Crippen MR) is 111 cm³/mol. The van der Waals surface area contributed by atoms with Crippen LogP contribution in [0.2, 0.25) is 0 Å². The molecule has 144 valence electrons. The first-order chi connectivity index (χ1) is 13.6. The maximum atomic E-state index is 13.1. The van der Waals surface area contributed by atoms with Gasteiger partial charge in [-0.1, -0.05) is 19.1 Å². The topological polar surface area (TPSA) is 42.4 Å². The van der Waals surface area contributed by atoms with E-state index in [0.29, 0.717) is 28.2 Å². The van der Waals surface area contributed by atoms with Crippen molar-refractivity contribution in [2.24, 2.45) is 0 Å². The molecule has 1 aliphatic heterocycles. The van der Waals surface area contributed by atoms with Gasteiger partial charge >= 0.3 is 0 Å². The minimum Gasteiger partial charge on any atom is -0.486 e. The van der Waals surface area contributed by atoms with Gasteiger partial charge in [-0.05, 0) is 42.8 Å². The number of nitrogens with zero attached hydrogens (tertiary/aromatic N) is 2. The number of fused-ring (bicyclic) bond motifs is 1. The molecule has 2 aromatic carbocycles. The van der Waals surface area contributed by atoms with Crippen LogP contribution in [0.5, 0.6) is 5.75 Å². The molecule has 1 amide bonds. The van der Waals surface area contributed by atoms with Gasteiger partial charge in [-0.2, -0.15) is 0 Å². The molecule has 0 saturated heterocycles. The number of carbonyl (C=O) groups is 1. The average Bonchev–Trinajstić information content (AvgIpc) is 3.10. The van der Waals surface area contributed by atoms with Crippen molar-refractivity contribution in [2.45, 2.75) is 30.1 Å². The summed E-state index contributed by atoms with van der Waals surface area (Å²) in [7, 11) is 0. The number of benzene rings is 2. The summed E-state index contributed by atoms with van der Waals surface area (Å²) in [5.74, 6) is 0.170. The molecule has 4 nitrogen and oxygen atoms in total. The predicted octanol–water partition coefficient (Wildman–Crippen LogP) is 5.39. The van der Waals surface area contributed by atoms with Crippen LogP contribution in [0.25, 0.3) is 0 Å². The van der Waals surface area contributed by atoms with Gasteiger partial charge in [0.05, 0.1) is 5.69 Å². The molecule has 1 aromatic heterocycles. The third-order valence-electron chi connectivity index (χ3n) is 4.44. The average molecular weight is 415 g/mol. The number of hydrogen-bond acceptors (Lipinski definition) is 5. The quantitative estimate of drug-likeness (QED) is 0.574. The SMILES string of the molecule is C[C@H]1CCN(C(=O)c2csc(COc3ccc(F)cc3)n2)c2ccccc2S1. The number of thiazole rings is 1. The number of amides is 1. The van der Waals surface area contributed by atoms with E-state index in [9.17, 15) is 9.18 Å². The molecule has 0 spiro atoms. The lowest BCUT2D eigenvalue weighted by atomic mass is 10.2. The molecule has 1 atom stereocenters. The van der Waals surface area contributed by atoms with Gasteiger partial charge in [0, 0.05) is 22.1 Å². The monoisotopic (exact) mass is 414 g/mol.